The molecule has 2 amide bonds. The maximum Gasteiger partial charge on any atom is 0.244 e. The predicted molar refractivity (Wildman–Crippen MR) is 134 cm³/mol. The molecule has 3 atom stereocenters. The van der Waals surface area contributed by atoms with Crippen molar-refractivity contribution in [1.82, 2.24) is 10.2 Å². The molecule has 1 aliphatic heterocycles. The molecule has 3 aliphatic rings. The van der Waals surface area contributed by atoms with Crippen molar-refractivity contribution >= 4 is 45.8 Å². The molecule has 0 bridgehead atoms. The van der Waals surface area contributed by atoms with Gasteiger partial charge in [0.05, 0.1) is 37.5 Å². The second-order valence-corrected chi connectivity index (χ2v) is 12.2. The molecule has 0 spiro atoms. The van der Waals surface area contributed by atoms with E-state index in [4.69, 9.17) is 23.2 Å². The lowest BCUT2D eigenvalue weighted by atomic mass is 9.63. The number of amides is 2. The van der Waals surface area contributed by atoms with Crippen molar-refractivity contribution in [2.24, 2.45) is 0 Å². The van der Waals surface area contributed by atoms with Gasteiger partial charge in [-0.05, 0) is 61.9 Å². The number of halogens is 2. The van der Waals surface area contributed by atoms with Crippen molar-refractivity contribution in [3.05, 3.63) is 64.1 Å². The number of rotatable bonds is 6. The van der Waals surface area contributed by atoms with Crippen LogP contribution in [0.25, 0.3) is 0 Å². The molecule has 3 fully saturated rings. The monoisotopic (exact) mass is 529 g/mol. The van der Waals surface area contributed by atoms with Gasteiger partial charge in [0.2, 0.25) is 11.8 Å². The summed E-state index contributed by atoms with van der Waals surface area (Å²) in [4.78, 5) is 29.5. The summed E-state index contributed by atoms with van der Waals surface area (Å²) in [5, 5.41) is 12.9. The summed E-state index contributed by atoms with van der Waals surface area (Å²) in [6, 6.07) is 15.6. The zero-order chi connectivity index (χ0) is 24.8. The molecule has 2 aromatic rings. The summed E-state index contributed by atoms with van der Waals surface area (Å²) in [5.74, 6) is -0.492. The van der Waals surface area contributed by atoms with E-state index < -0.39 is 33.0 Å². The van der Waals surface area contributed by atoms with E-state index in [0.29, 0.717) is 40.6 Å². The quantitative estimate of drug-likeness (QED) is 0.601. The molecule has 9 heteroatoms. The average Bonchev–Trinajstić information content (AvgIpc) is 3.45. The largest absolute Gasteiger partial charge is 0.336 e. The highest BCUT2D eigenvalue weighted by atomic mass is 35.5. The molecule has 2 saturated carbocycles. The van der Waals surface area contributed by atoms with Gasteiger partial charge in [-0.3, -0.25) is 13.8 Å². The van der Waals surface area contributed by atoms with Gasteiger partial charge in [0, 0.05) is 11.6 Å². The molecular weight excluding hydrogens is 505 g/mol. The Hall–Kier alpha value is -2.40. The fourth-order valence-corrected chi connectivity index (χ4v) is 7.10. The van der Waals surface area contributed by atoms with Crippen LogP contribution in [0.2, 0.25) is 10.0 Å². The number of nitrogens with zero attached hydrogens (tertiary/aromatic N) is 2. The third-order valence-electron chi connectivity index (χ3n) is 7.52. The standard InChI is InChI=1S/C26H25Cl2N3O3S/c27-18-8-6-17(7-9-18)26(10-3-11-26)24(33)31-15-19(35(34)22-5-2-1-4-20(22)28)14-21(31)23(32)30-25(16-29)12-13-25/h1-2,4-9,19,21H,3,10-15H2,(H,30,32)/t19?,21-,35?/m0/s1. The van der Waals surface area contributed by atoms with Crippen molar-refractivity contribution in [3.63, 3.8) is 0 Å². The number of benzene rings is 2. The van der Waals surface area contributed by atoms with E-state index in [1.807, 2.05) is 12.1 Å². The van der Waals surface area contributed by atoms with E-state index in [2.05, 4.69) is 11.4 Å². The Balaban J connectivity index is 1.46. The van der Waals surface area contributed by atoms with Gasteiger partial charge in [0.25, 0.3) is 0 Å². The van der Waals surface area contributed by atoms with Gasteiger partial charge in [-0.15, -0.1) is 0 Å². The lowest BCUT2D eigenvalue weighted by molar-refractivity contribution is -0.146. The summed E-state index contributed by atoms with van der Waals surface area (Å²) in [5.41, 5.74) is -0.698. The molecule has 182 valence electrons. The number of nitriles is 1. The molecule has 35 heavy (non-hydrogen) atoms. The van der Waals surface area contributed by atoms with Gasteiger partial charge in [-0.1, -0.05) is 53.9 Å². The smallest absolute Gasteiger partial charge is 0.244 e. The zero-order valence-electron chi connectivity index (χ0n) is 19.0. The number of carbonyl (C=O) groups excluding carboxylic acids is 2. The highest BCUT2D eigenvalue weighted by Crippen LogP contribution is 2.47. The molecule has 2 unspecified atom stereocenters. The number of likely N-dealkylation sites (tertiary alicyclic amines) is 1. The van der Waals surface area contributed by atoms with Crippen LogP contribution >= 0.6 is 23.2 Å². The van der Waals surface area contributed by atoms with Crippen molar-refractivity contribution in [2.45, 2.75) is 65.7 Å². The molecule has 5 rings (SSSR count). The van der Waals surface area contributed by atoms with Gasteiger partial charge >= 0.3 is 0 Å². The summed E-state index contributed by atoms with van der Waals surface area (Å²) < 4.78 is 13.5. The molecule has 1 heterocycles. The fourth-order valence-electron chi connectivity index (χ4n) is 5.12. The van der Waals surface area contributed by atoms with E-state index in [-0.39, 0.29) is 24.8 Å². The van der Waals surface area contributed by atoms with Gasteiger partial charge in [0.1, 0.15) is 11.6 Å². The first-order valence-electron chi connectivity index (χ1n) is 11.7. The minimum atomic E-state index is -1.50. The number of carbonyl (C=O) groups is 2. The van der Waals surface area contributed by atoms with Crippen molar-refractivity contribution < 1.29 is 13.8 Å². The Kier molecular flexibility index (Phi) is 6.41. The highest BCUT2D eigenvalue weighted by molar-refractivity contribution is 7.85. The van der Waals surface area contributed by atoms with Gasteiger partial charge in [-0.25, -0.2) is 0 Å². The Morgan fingerprint density at radius 3 is 2.31 bits per heavy atom. The van der Waals surface area contributed by atoms with Crippen molar-refractivity contribution in [1.29, 1.82) is 5.26 Å². The minimum Gasteiger partial charge on any atom is -0.336 e. The summed E-state index contributed by atoms with van der Waals surface area (Å²) in [6.07, 6.45) is 3.70. The lowest BCUT2D eigenvalue weighted by Crippen LogP contribution is -2.56. The minimum absolute atomic E-state index is 0.133. The molecule has 0 radical (unpaired) electrons. The second kappa shape index (κ2) is 9.24. The number of hydrogen-bond donors (Lipinski definition) is 1. The van der Waals surface area contributed by atoms with Crippen molar-refractivity contribution in [2.75, 3.05) is 6.54 Å². The van der Waals surface area contributed by atoms with Crippen LogP contribution in [0.3, 0.4) is 0 Å². The Morgan fingerprint density at radius 2 is 1.74 bits per heavy atom. The first kappa shape index (κ1) is 24.3. The van der Waals surface area contributed by atoms with Gasteiger partial charge < -0.3 is 10.2 Å². The maximum absolute atomic E-state index is 14.1. The van der Waals surface area contributed by atoms with Gasteiger partial charge in [0.15, 0.2) is 0 Å². The Morgan fingerprint density at radius 1 is 1.06 bits per heavy atom. The van der Waals surface area contributed by atoms with Crippen LogP contribution in [0.5, 0.6) is 0 Å². The third kappa shape index (κ3) is 4.37. The van der Waals surface area contributed by atoms with E-state index in [0.717, 1.165) is 12.0 Å². The average molecular weight is 530 g/mol. The van der Waals surface area contributed by atoms with Crippen LogP contribution in [-0.4, -0.2) is 44.3 Å². The molecular formula is C26H25Cl2N3O3S. The lowest BCUT2D eigenvalue weighted by Gasteiger charge is -2.44. The first-order chi connectivity index (χ1) is 16.8. The highest BCUT2D eigenvalue weighted by Gasteiger charge is 2.54. The fraction of sp³-hybridized carbons (Fsp3) is 0.423. The van der Waals surface area contributed by atoms with E-state index in [9.17, 15) is 19.1 Å². The molecule has 1 saturated heterocycles. The Labute approximate surface area is 217 Å². The van der Waals surface area contributed by atoms with Crippen molar-refractivity contribution in [3.8, 4) is 6.07 Å². The van der Waals surface area contributed by atoms with Crippen LogP contribution in [0.1, 0.15) is 44.1 Å². The maximum atomic E-state index is 14.1. The molecule has 1 N–H and O–H groups in total. The molecule has 6 nitrogen and oxygen atoms in total. The topological polar surface area (TPSA) is 90.3 Å². The molecule has 2 aliphatic carbocycles. The normalized spacial score (nSPS) is 24.7. The van der Waals surface area contributed by atoms with E-state index >= 15 is 0 Å². The number of nitrogens with one attached hydrogen (secondary N) is 1. The Bertz CT molecular complexity index is 1240. The third-order valence-corrected chi connectivity index (χ3v) is 9.95. The van der Waals surface area contributed by atoms with Crippen LogP contribution in [0, 0.1) is 11.3 Å². The summed E-state index contributed by atoms with van der Waals surface area (Å²) in [6.45, 7) is 0.184. The van der Waals surface area contributed by atoms with Crippen LogP contribution in [0.15, 0.2) is 53.4 Å². The van der Waals surface area contributed by atoms with Crippen LogP contribution in [0.4, 0.5) is 0 Å². The predicted octanol–water partition coefficient (Wildman–Crippen LogP) is 4.36. The van der Waals surface area contributed by atoms with Crippen LogP contribution in [-0.2, 0) is 25.8 Å². The first-order valence-corrected chi connectivity index (χ1v) is 13.7. The number of hydrogen-bond acceptors (Lipinski definition) is 4. The second-order valence-electron chi connectivity index (χ2n) is 9.68. The molecule has 2 aromatic carbocycles. The SMILES string of the molecule is N#CC1(NC(=O)[C@@H]2CC(S(=O)c3ccccc3Cl)CN2C(=O)C2(c3ccc(Cl)cc3)CCC2)CC1. The van der Waals surface area contributed by atoms with E-state index in [1.54, 1.807) is 41.3 Å². The summed E-state index contributed by atoms with van der Waals surface area (Å²) >= 11 is 12.4. The summed E-state index contributed by atoms with van der Waals surface area (Å²) in [7, 11) is -1.50. The van der Waals surface area contributed by atoms with Gasteiger partial charge in [-0.2, -0.15) is 5.26 Å². The van der Waals surface area contributed by atoms with E-state index in [1.165, 1.54) is 0 Å². The molecule has 0 aromatic heterocycles. The zero-order valence-corrected chi connectivity index (χ0v) is 21.3. The van der Waals surface area contributed by atoms with Crippen LogP contribution < -0.4 is 5.32 Å².